The van der Waals surface area contributed by atoms with Crippen LogP contribution in [0, 0.1) is 0 Å². The summed E-state index contributed by atoms with van der Waals surface area (Å²) >= 11 is 1.47. The zero-order valence-electron chi connectivity index (χ0n) is 18.6. The Morgan fingerprint density at radius 2 is 1.94 bits per heavy atom. The van der Waals surface area contributed by atoms with Gasteiger partial charge in [0.2, 0.25) is 0 Å². The molecule has 0 radical (unpaired) electrons. The number of aromatic nitrogens is 4. The number of ether oxygens (including phenoxy) is 1. The Bertz CT molecular complexity index is 1440. The van der Waals surface area contributed by atoms with Crippen molar-refractivity contribution in [3.63, 3.8) is 0 Å². The summed E-state index contributed by atoms with van der Waals surface area (Å²) in [5.74, 6) is 0.604. The topological polar surface area (TPSA) is 73.1 Å². The number of rotatable bonds is 6. The maximum absolute atomic E-state index is 13.7. The number of hydrogen-bond acceptors (Lipinski definition) is 6. The zero-order valence-corrected chi connectivity index (χ0v) is 19.4. The van der Waals surface area contributed by atoms with Crippen molar-refractivity contribution < 1.29 is 9.53 Å². The second-order valence-corrected chi connectivity index (χ2v) is 9.04. The lowest BCUT2D eigenvalue weighted by Gasteiger charge is -2.20. The van der Waals surface area contributed by atoms with Crippen molar-refractivity contribution >= 4 is 43.6 Å². The van der Waals surface area contributed by atoms with Gasteiger partial charge in [0.25, 0.3) is 5.91 Å². The van der Waals surface area contributed by atoms with E-state index in [0.717, 1.165) is 32.6 Å². The molecule has 0 atom stereocenters. The number of methoxy groups -OCH3 is 1. The van der Waals surface area contributed by atoms with Crippen LogP contribution >= 0.6 is 11.3 Å². The average molecular weight is 458 g/mol. The van der Waals surface area contributed by atoms with Gasteiger partial charge >= 0.3 is 0 Å². The van der Waals surface area contributed by atoms with Crippen molar-refractivity contribution in [1.82, 2.24) is 19.7 Å². The molecule has 8 heteroatoms. The number of fused-ring (bicyclic) bond motifs is 2. The fraction of sp³-hybridized carbons (Fsp3) is 0.200. The van der Waals surface area contributed by atoms with Crippen LogP contribution in [0.3, 0.4) is 0 Å². The number of carbonyl (C=O) groups excluding carboxylic acids is 1. The lowest BCUT2D eigenvalue weighted by Crippen LogP contribution is -2.30. The van der Waals surface area contributed by atoms with Crippen LogP contribution in [0.2, 0.25) is 0 Å². The van der Waals surface area contributed by atoms with Crippen LogP contribution in [0.15, 0.2) is 67.0 Å². The summed E-state index contributed by atoms with van der Waals surface area (Å²) in [5, 5.41) is 5.88. The number of pyridine rings is 1. The van der Waals surface area contributed by atoms with Crippen LogP contribution in [0.4, 0.5) is 5.13 Å². The third-order valence-electron chi connectivity index (χ3n) is 5.41. The molecule has 166 valence electrons. The van der Waals surface area contributed by atoms with Crippen molar-refractivity contribution in [3.05, 3.63) is 78.1 Å². The smallest absolute Gasteiger partial charge is 0.261 e. The highest BCUT2D eigenvalue weighted by Crippen LogP contribution is 2.33. The third kappa shape index (κ3) is 4.05. The third-order valence-corrected chi connectivity index (χ3v) is 6.45. The van der Waals surface area contributed by atoms with E-state index in [-0.39, 0.29) is 11.9 Å². The molecule has 0 fully saturated rings. The molecular weight excluding hydrogens is 434 g/mol. The Labute approximate surface area is 195 Å². The van der Waals surface area contributed by atoms with Crippen molar-refractivity contribution in [1.29, 1.82) is 0 Å². The molecule has 1 amide bonds. The zero-order chi connectivity index (χ0) is 22.9. The highest BCUT2D eigenvalue weighted by molar-refractivity contribution is 7.22. The van der Waals surface area contributed by atoms with Gasteiger partial charge in [0.15, 0.2) is 10.8 Å². The highest BCUT2D eigenvalue weighted by Gasteiger charge is 2.23. The van der Waals surface area contributed by atoms with Crippen LogP contribution in [0.5, 0.6) is 5.75 Å². The standard InChI is InChI=1S/C25H23N5O2S/c1-16(2)30-23-18(14-27-30)11-19(13-26-23)24(31)29(15-17-7-5-4-6-8-17)25-28-21-10-9-20(32-3)12-22(21)33-25/h4-14,16H,15H2,1-3H3. The van der Waals surface area contributed by atoms with E-state index in [4.69, 9.17) is 9.72 Å². The minimum atomic E-state index is -0.156. The van der Waals surface area contributed by atoms with E-state index in [1.807, 2.05) is 59.3 Å². The normalized spacial score (nSPS) is 11.4. The van der Waals surface area contributed by atoms with E-state index in [2.05, 4.69) is 23.9 Å². The largest absolute Gasteiger partial charge is 0.497 e. The molecular formula is C25H23N5O2S. The molecule has 7 nitrogen and oxygen atoms in total. The molecule has 0 unspecified atom stereocenters. The Balaban J connectivity index is 1.56. The summed E-state index contributed by atoms with van der Waals surface area (Å²) in [6, 6.07) is 17.7. The Morgan fingerprint density at radius 1 is 1.12 bits per heavy atom. The van der Waals surface area contributed by atoms with E-state index >= 15 is 0 Å². The minimum Gasteiger partial charge on any atom is -0.497 e. The molecule has 0 spiro atoms. The summed E-state index contributed by atoms with van der Waals surface area (Å²) in [6.07, 6.45) is 3.38. The molecule has 0 N–H and O–H groups in total. The maximum Gasteiger partial charge on any atom is 0.261 e. The van der Waals surface area contributed by atoms with Crippen LogP contribution in [-0.4, -0.2) is 32.8 Å². The van der Waals surface area contributed by atoms with Gasteiger partial charge in [0, 0.05) is 17.6 Å². The lowest BCUT2D eigenvalue weighted by molar-refractivity contribution is 0.0985. The second-order valence-electron chi connectivity index (χ2n) is 8.03. The van der Waals surface area contributed by atoms with E-state index in [0.29, 0.717) is 17.2 Å². The van der Waals surface area contributed by atoms with E-state index in [9.17, 15) is 4.79 Å². The van der Waals surface area contributed by atoms with Gasteiger partial charge < -0.3 is 4.74 Å². The van der Waals surface area contributed by atoms with Gasteiger partial charge in [-0.2, -0.15) is 5.10 Å². The monoisotopic (exact) mass is 457 g/mol. The quantitative estimate of drug-likeness (QED) is 0.338. The summed E-state index contributed by atoms with van der Waals surface area (Å²) < 4.78 is 8.16. The Morgan fingerprint density at radius 3 is 2.70 bits per heavy atom. The van der Waals surface area contributed by atoms with Crippen molar-refractivity contribution in [2.45, 2.75) is 26.4 Å². The van der Waals surface area contributed by atoms with Crippen LogP contribution in [0.25, 0.3) is 21.3 Å². The first-order valence-electron chi connectivity index (χ1n) is 10.7. The number of anilines is 1. The molecule has 0 aliphatic heterocycles. The summed E-state index contributed by atoms with van der Waals surface area (Å²) in [4.78, 5) is 24.7. The highest BCUT2D eigenvalue weighted by atomic mass is 32.1. The summed E-state index contributed by atoms with van der Waals surface area (Å²) in [7, 11) is 1.64. The molecule has 3 heterocycles. The van der Waals surface area contributed by atoms with Gasteiger partial charge in [-0.1, -0.05) is 41.7 Å². The first-order valence-corrected chi connectivity index (χ1v) is 11.5. The first-order chi connectivity index (χ1) is 16.0. The van der Waals surface area contributed by atoms with Crippen LogP contribution in [-0.2, 0) is 6.54 Å². The molecule has 0 aliphatic carbocycles. The number of carbonyl (C=O) groups is 1. The maximum atomic E-state index is 13.7. The molecule has 0 aliphatic rings. The number of thiazole rings is 1. The average Bonchev–Trinajstić information content (AvgIpc) is 3.46. The van der Waals surface area contributed by atoms with Crippen LogP contribution in [0.1, 0.15) is 35.8 Å². The van der Waals surface area contributed by atoms with Gasteiger partial charge in [-0.25, -0.2) is 14.6 Å². The van der Waals surface area contributed by atoms with E-state index in [1.165, 1.54) is 11.3 Å². The van der Waals surface area contributed by atoms with Gasteiger partial charge in [0.05, 0.1) is 35.6 Å². The molecule has 5 aromatic rings. The van der Waals surface area contributed by atoms with Gasteiger partial charge in [-0.05, 0) is 43.7 Å². The van der Waals surface area contributed by atoms with Crippen molar-refractivity contribution in [3.8, 4) is 5.75 Å². The molecule has 0 saturated carbocycles. The molecule has 3 aromatic heterocycles. The number of hydrogen-bond donors (Lipinski definition) is 0. The molecule has 0 bridgehead atoms. The molecule has 33 heavy (non-hydrogen) atoms. The second kappa shape index (κ2) is 8.63. The van der Waals surface area contributed by atoms with Gasteiger partial charge in [0.1, 0.15) is 5.75 Å². The van der Waals surface area contributed by atoms with Crippen LogP contribution < -0.4 is 9.64 Å². The molecule has 5 rings (SSSR count). The fourth-order valence-electron chi connectivity index (χ4n) is 3.72. The van der Waals surface area contributed by atoms with E-state index < -0.39 is 0 Å². The Kier molecular flexibility index (Phi) is 5.51. The molecule has 0 saturated heterocycles. The van der Waals surface area contributed by atoms with Crippen molar-refractivity contribution in [2.75, 3.05) is 12.0 Å². The summed E-state index contributed by atoms with van der Waals surface area (Å²) in [5.41, 5.74) is 3.11. The lowest BCUT2D eigenvalue weighted by atomic mass is 10.2. The Hall–Kier alpha value is -3.78. The van der Waals surface area contributed by atoms with E-state index in [1.54, 1.807) is 24.4 Å². The minimum absolute atomic E-state index is 0.156. The SMILES string of the molecule is COc1ccc2nc(N(Cc3ccccc3)C(=O)c3cnc4c(cnn4C(C)C)c3)sc2c1. The van der Waals surface area contributed by atoms with Gasteiger partial charge in [-0.3, -0.25) is 9.69 Å². The predicted octanol–water partition coefficient (Wildman–Crippen LogP) is 5.48. The van der Waals surface area contributed by atoms with Gasteiger partial charge in [-0.15, -0.1) is 0 Å². The van der Waals surface area contributed by atoms with Crippen molar-refractivity contribution in [2.24, 2.45) is 0 Å². The number of amides is 1. The summed E-state index contributed by atoms with van der Waals surface area (Å²) in [6.45, 7) is 4.51. The number of benzene rings is 2. The molecule has 2 aromatic carbocycles. The number of nitrogens with zero attached hydrogens (tertiary/aromatic N) is 5. The predicted molar refractivity (Wildman–Crippen MR) is 131 cm³/mol. The fourth-order valence-corrected chi connectivity index (χ4v) is 4.71. The first kappa shape index (κ1) is 21.1.